The summed E-state index contributed by atoms with van der Waals surface area (Å²) in [5, 5.41) is 26.2. The zero-order chi connectivity index (χ0) is 25.3. The molecule has 0 saturated heterocycles. The van der Waals surface area contributed by atoms with Crippen molar-refractivity contribution < 1.29 is 19.6 Å². The average molecular weight is 485 g/mol. The summed E-state index contributed by atoms with van der Waals surface area (Å²) in [5.74, 6) is -1.95. The van der Waals surface area contributed by atoms with Crippen LogP contribution in [0.4, 0.5) is 0 Å². The summed E-state index contributed by atoms with van der Waals surface area (Å²) in [6, 6.07) is 16.5. The van der Waals surface area contributed by atoms with Crippen molar-refractivity contribution in [2.24, 2.45) is 0 Å². The van der Waals surface area contributed by atoms with Gasteiger partial charge in [0.05, 0.1) is 12.1 Å². The molecular weight excluding hydrogens is 457 g/mol. The van der Waals surface area contributed by atoms with Gasteiger partial charge in [0.2, 0.25) is 5.91 Å². The molecule has 0 fully saturated rings. The number of H-pyrrole nitrogens is 1. The number of amides is 2. The molecule has 0 aliphatic heterocycles. The Hall–Kier alpha value is -4.02. The first-order valence-corrected chi connectivity index (χ1v) is 11.8. The molecule has 0 saturated carbocycles. The molecule has 36 heavy (non-hydrogen) atoms. The van der Waals surface area contributed by atoms with E-state index < -0.39 is 30.9 Å². The Kier molecular flexibility index (Phi) is 8.43. The summed E-state index contributed by atoms with van der Waals surface area (Å²) in [4.78, 5) is 37.2. The topological polar surface area (TPSA) is 140 Å². The smallest absolute Gasteiger partial charge is 0.426 e. The Morgan fingerprint density at radius 2 is 1.78 bits per heavy atom. The van der Waals surface area contributed by atoms with E-state index in [2.05, 4.69) is 25.6 Å². The SMILES string of the molecule is O=C(NC(Cc1c[nH]c2ccccc12)C(=O)NC(CCCc1ccccc1)B(O)O)c1cnccn1. The van der Waals surface area contributed by atoms with Gasteiger partial charge in [0, 0.05) is 35.9 Å². The minimum absolute atomic E-state index is 0.0795. The van der Waals surface area contributed by atoms with E-state index >= 15 is 0 Å². The van der Waals surface area contributed by atoms with Crippen LogP contribution in [0.25, 0.3) is 10.9 Å². The summed E-state index contributed by atoms with van der Waals surface area (Å²) in [7, 11) is -1.74. The van der Waals surface area contributed by atoms with Gasteiger partial charge < -0.3 is 25.7 Å². The van der Waals surface area contributed by atoms with Gasteiger partial charge in [-0.15, -0.1) is 0 Å². The van der Waals surface area contributed by atoms with E-state index in [9.17, 15) is 19.6 Å². The lowest BCUT2D eigenvalue weighted by Gasteiger charge is -2.23. The van der Waals surface area contributed by atoms with Crippen molar-refractivity contribution in [3.05, 3.63) is 96.2 Å². The third kappa shape index (κ3) is 6.56. The van der Waals surface area contributed by atoms with Crippen molar-refractivity contribution in [1.29, 1.82) is 0 Å². The van der Waals surface area contributed by atoms with Crippen LogP contribution in [-0.2, 0) is 17.6 Å². The molecule has 2 atom stereocenters. The Morgan fingerprint density at radius 1 is 1.00 bits per heavy atom. The molecule has 0 aliphatic carbocycles. The molecule has 2 heterocycles. The quantitative estimate of drug-likeness (QED) is 0.205. The molecule has 0 aliphatic rings. The highest BCUT2D eigenvalue weighted by atomic mass is 16.4. The van der Waals surface area contributed by atoms with Crippen molar-refractivity contribution in [3.8, 4) is 0 Å². The van der Waals surface area contributed by atoms with Gasteiger partial charge in [-0.2, -0.15) is 0 Å². The number of nitrogens with one attached hydrogen (secondary N) is 3. The van der Waals surface area contributed by atoms with E-state index in [1.54, 1.807) is 6.20 Å². The number of rotatable bonds is 11. The third-order valence-electron chi connectivity index (χ3n) is 6.03. The van der Waals surface area contributed by atoms with E-state index in [1.165, 1.54) is 18.6 Å². The van der Waals surface area contributed by atoms with Crippen molar-refractivity contribution in [1.82, 2.24) is 25.6 Å². The van der Waals surface area contributed by atoms with Crippen molar-refractivity contribution in [2.75, 3.05) is 0 Å². The number of hydrogen-bond acceptors (Lipinski definition) is 6. The molecular formula is C26H28BN5O4. The van der Waals surface area contributed by atoms with Gasteiger partial charge in [-0.25, -0.2) is 4.98 Å². The monoisotopic (exact) mass is 485 g/mol. The first kappa shape index (κ1) is 25.1. The molecule has 2 aromatic carbocycles. The third-order valence-corrected chi connectivity index (χ3v) is 6.03. The van der Waals surface area contributed by atoms with Gasteiger partial charge in [-0.1, -0.05) is 48.5 Å². The normalized spacial score (nSPS) is 12.6. The number of benzene rings is 2. The minimum atomic E-state index is -1.74. The van der Waals surface area contributed by atoms with Gasteiger partial charge in [0.15, 0.2) is 0 Å². The lowest BCUT2D eigenvalue weighted by atomic mass is 9.76. The molecule has 4 aromatic rings. The second-order valence-electron chi connectivity index (χ2n) is 8.59. The van der Waals surface area contributed by atoms with Crippen LogP contribution in [0.3, 0.4) is 0 Å². The molecule has 9 nitrogen and oxygen atoms in total. The lowest BCUT2D eigenvalue weighted by Crippen LogP contribution is -2.54. The van der Waals surface area contributed by atoms with E-state index in [-0.39, 0.29) is 12.1 Å². The Bertz CT molecular complexity index is 1280. The van der Waals surface area contributed by atoms with Crippen LogP contribution >= 0.6 is 0 Å². The van der Waals surface area contributed by atoms with Crippen LogP contribution in [-0.4, -0.2) is 55.9 Å². The zero-order valence-corrected chi connectivity index (χ0v) is 19.7. The first-order valence-electron chi connectivity index (χ1n) is 11.8. The number of hydrogen-bond donors (Lipinski definition) is 5. The first-order chi connectivity index (χ1) is 17.5. The second-order valence-corrected chi connectivity index (χ2v) is 8.59. The largest absolute Gasteiger partial charge is 0.475 e. The summed E-state index contributed by atoms with van der Waals surface area (Å²) < 4.78 is 0. The predicted molar refractivity (Wildman–Crippen MR) is 137 cm³/mol. The number of aryl methyl sites for hydroxylation is 1. The molecule has 184 valence electrons. The van der Waals surface area contributed by atoms with Gasteiger partial charge in [0.25, 0.3) is 5.91 Å². The van der Waals surface area contributed by atoms with E-state index in [0.29, 0.717) is 12.8 Å². The van der Waals surface area contributed by atoms with Gasteiger partial charge in [-0.05, 0) is 36.5 Å². The molecule has 2 aromatic heterocycles. The van der Waals surface area contributed by atoms with E-state index in [4.69, 9.17) is 0 Å². The minimum Gasteiger partial charge on any atom is -0.426 e. The van der Waals surface area contributed by atoms with Crippen LogP contribution in [0.1, 0.15) is 34.5 Å². The Balaban J connectivity index is 1.48. The molecule has 10 heteroatoms. The summed E-state index contributed by atoms with van der Waals surface area (Å²) in [5.41, 5.74) is 2.96. The number of nitrogens with zero attached hydrogens (tertiary/aromatic N) is 2. The number of carbonyl (C=O) groups excluding carboxylic acids is 2. The zero-order valence-electron chi connectivity index (χ0n) is 19.7. The molecule has 5 N–H and O–H groups in total. The molecule has 0 bridgehead atoms. The van der Waals surface area contributed by atoms with E-state index in [1.807, 2.05) is 54.6 Å². The Morgan fingerprint density at radius 3 is 2.53 bits per heavy atom. The second kappa shape index (κ2) is 12.1. The van der Waals surface area contributed by atoms with E-state index in [0.717, 1.165) is 28.5 Å². The van der Waals surface area contributed by atoms with Gasteiger partial charge in [-0.3, -0.25) is 14.6 Å². The molecule has 2 amide bonds. The van der Waals surface area contributed by atoms with Crippen molar-refractivity contribution >= 4 is 29.8 Å². The molecule has 2 unspecified atom stereocenters. The predicted octanol–water partition coefficient (Wildman–Crippen LogP) is 1.82. The average Bonchev–Trinajstić information content (AvgIpc) is 3.31. The Labute approximate surface area is 209 Å². The number of carbonyl (C=O) groups is 2. The van der Waals surface area contributed by atoms with Gasteiger partial charge in [0.1, 0.15) is 11.7 Å². The molecule has 0 spiro atoms. The highest BCUT2D eigenvalue weighted by Crippen LogP contribution is 2.19. The highest BCUT2D eigenvalue weighted by molar-refractivity contribution is 6.43. The maximum absolute atomic E-state index is 13.3. The van der Waals surface area contributed by atoms with Crippen LogP contribution < -0.4 is 10.6 Å². The van der Waals surface area contributed by atoms with Crippen molar-refractivity contribution in [3.63, 3.8) is 0 Å². The molecule has 4 rings (SSSR count). The van der Waals surface area contributed by atoms with Crippen LogP contribution in [0.2, 0.25) is 0 Å². The van der Waals surface area contributed by atoms with Crippen molar-refractivity contribution in [2.45, 2.75) is 37.7 Å². The lowest BCUT2D eigenvalue weighted by molar-refractivity contribution is -0.123. The van der Waals surface area contributed by atoms with Crippen LogP contribution in [0.15, 0.2) is 79.4 Å². The van der Waals surface area contributed by atoms with Crippen LogP contribution in [0.5, 0.6) is 0 Å². The molecule has 0 radical (unpaired) electrons. The maximum atomic E-state index is 13.3. The fraction of sp³-hybridized carbons (Fsp3) is 0.231. The number of fused-ring (bicyclic) bond motifs is 1. The van der Waals surface area contributed by atoms with Crippen LogP contribution in [0, 0.1) is 0 Å². The number of aromatic nitrogens is 3. The fourth-order valence-corrected chi connectivity index (χ4v) is 4.13. The summed E-state index contributed by atoms with van der Waals surface area (Å²) >= 11 is 0. The number of aromatic amines is 1. The number of para-hydroxylation sites is 1. The summed E-state index contributed by atoms with van der Waals surface area (Å²) in [6.07, 6.45) is 7.91. The fourth-order valence-electron chi connectivity index (χ4n) is 4.13. The van der Waals surface area contributed by atoms with Gasteiger partial charge >= 0.3 is 7.12 Å². The maximum Gasteiger partial charge on any atom is 0.475 e. The standard InChI is InChI=1S/C26H28BN5O4/c33-25(32-24(27(35)36)12-6-9-18-7-2-1-3-8-18)22(31-26(34)23-17-28-13-14-29-23)15-19-16-30-21-11-5-4-10-20(19)21/h1-5,7-8,10-11,13-14,16-17,22,24,30,35-36H,6,9,12,15H2,(H,31,34)(H,32,33). The highest BCUT2D eigenvalue weighted by Gasteiger charge is 2.30. The summed E-state index contributed by atoms with van der Waals surface area (Å²) in [6.45, 7) is 0.